The summed E-state index contributed by atoms with van der Waals surface area (Å²) >= 11 is 0. The lowest BCUT2D eigenvalue weighted by Crippen LogP contribution is -2.16. The Morgan fingerprint density at radius 2 is 2.36 bits per heavy atom. The van der Waals surface area contributed by atoms with E-state index in [4.69, 9.17) is 0 Å². The van der Waals surface area contributed by atoms with E-state index in [0.29, 0.717) is 0 Å². The van der Waals surface area contributed by atoms with E-state index in [2.05, 4.69) is 15.3 Å². The van der Waals surface area contributed by atoms with Gasteiger partial charge in [-0.05, 0) is 12.5 Å². The number of amides is 1. The minimum atomic E-state index is -0.575. The van der Waals surface area contributed by atoms with E-state index in [1.807, 2.05) is 31.2 Å². The molecule has 0 saturated carbocycles. The van der Waals surface area contributed by atoms with Crippen molar-refractivity contribution in [2.45, 2.75) is 6.92 Å². The van der Waals surface area contributed by atoms with E-state index in [-0.39, 0.29) is 0 Å². The van der Waals surface area contributed by atoms with E-state index in [1.54, 1.807) is 6.21 Å². The van der Waals surface area contributed by atoms with Gasteiger partial charge in [-0.2, -0.15) is 5.10 Å². The Balaban J connectivity index is 2.56. The summed E-state index contributed by atoms with van der Waals surface area (Å²) in [7, 11) is 1.29. The Kier molecular flexibility index (Phi) is 3.67. The zero-order valence-corrected chi connectivity index (χ0v) is 8.15. The van der Waals surface area contributed by atoms with Crippen molar-refractivity contribution < 1.29 is 9.53 Å². The first-order valence-corrected chi connectivity index (χ1v) is 4.16. The standard InChI is InChI=1S/C10H12N2O2/c1-8-4-3-5-9(6-8)7-11-12-10(13)14-2/h3-7H,1-2H3,(H,12,13). The maximum Gasteiger partial charge on any atom is 0.427 e. The van der Waals surface area contributed by atoms with Crippen molar-refractivity contribution in [3.05, 3.63) is 35.4 Å². The molecule has 74 valence electrons. The molecule has 0 aliphatic carbocycles. The van der Waals surface area contributed by atoms with E-state index < -0.39 is 6.09 Å². The van der Waals surface area contributed by atoms with Gasteiger partial charge in [0.05, 0.1) is 13.3 Å². The first kappa shape index (κ1) is 10.2. The number of nitrogens with one attached hydrogen (secondary N) is 1. The van der Waals surface area contributed by atoms with Crippen molar-refractivity contribution >= 4 is 12.3 Å². The van der Waals surface area contributed by atoms with Crippen molar-refractivity contribution in [3.8, 4) is 0 Å². The number of carbonyl (C=O) groups is 1. The minimum Gasteiger partial charge on any atom is -0.452 e. The molecule has 1 aromatic rings. The molecule has 1 aromatic carbocycles. The summed E-state index contributed by atoms with van der Waals surface area (Å²) in [5.41, 5.74) is 4.29. The summed E-state index contributed by atoms with van der Waals surface area (Å²) < 4.78 is 4.35. The third-order valence-electron chi connectivity index (χ3n) is 1.60. The van der Waals surface area contributed by atoms with Crippen molar-refractivity contribution in [1.82, 2.24) is 5.43 Å². The van der Waals surface area contributed by atoms with Gasteiger partial charge in [0.25, 0.3) is 0 Å². The highest BCUT2D eigenvalue weighted by Gasteiger charge is 1.92. The number of hydrogen-bond acceptors (Lipinski definition) is 3. The fraction of sp³-hybridized carbons (Fsp3) is 0.200. The van der Waals surface area contributed by atoms with Crippen molar-refractivity contribution in [2.75, 3.05) is 7.11 Å². The van der Waals surface area contributed by atoms with Gasteiger partial charge < -0.3 is 4.74 Å². The van der Waals surface area contributed by atoms with Crippen LogP contribution in [0.2, 0.25) is 0 Å². The number of aryl methyl sites for hydroxylation is 1. The molecule has 1 rings (SSSR count). The van der Waals surface area contributed by atoms with Gasteiger partial charge in [0.1, 0.15) is 0 Å². The summed E-state index contributed by atoms with van der Waals surface area (Å²) in [6.07, 6.45) is 0.984. The quantitative estimate of drug-likeness (QED) is 0.572. The number of nitrogens with zero attached hydrogens (tertiary/aromatic N) is 1. The van der Waals surface area contributed by atoms with Crippen LogP contribution < -0.4 is 5.43 Å². The van der Waals surface area contributed by atoms with Gasteiger partial charge in [-0.25, -0.2) is 10.2 Å². The molecule has 0 atom stereocenters. The zero-order chi connectivity index (χ0) is 10.4. The second-order valence-corrected chi connectivity index (χ2v) is 2.78. The van der Waals surface area contributed by atoms with Gasteiger partial charge >= 0.3 is 6.09 Å². The number of hydrogen-bond donors (Lipinski definition) is 1. The third kappa shape index (κ3) is 3.26. The van der Waals surface area contributed by atoms with Crippen molar-refractivity contribution in [2.24, 2.45) is 5.10 Å². The molecular formula is C10H12N2O2. The van der Waals surface area contributed by atoms with Gasteiger partial charge in [0.15, 0.2) is 0 Å². The number of benzene rings is 1. The van der Waals surface area contributed by atoms with Crippen LogP contribution in [-0.4, -0.2) is 19.4 Å². The van der Waals surface area contributed by atoms with Crippen LogP contribution in [0.4, 0.5) is 4.79 Å². The first-order valence-electron chi connectivity index (χ1n) is 4.16. The predicted octanol–water partition coefficient (Wildman–Crippen LogP) is 1.68. The summed E-state index contributed by atoms with van der Waals surface area (Å²) in [5.74, 6) is 0. The molecule has 0 radical (unpaired) electrons. The number of carbonyl (C=O) groups excluding carboxylic acids is 1. The molecule has 0 bridgehead atoms. The van der Waals surface area contributed by atoms with Gasteiger partial charge in [-0.15, -0.1) is 0 Å². The largest absolute Gasteiger partial charge is 0.452 e. The van der Waals surface area contributed by atoms with E-state index >= 15 is 0 Å². The minimum absolute atomic E-state index is 0.575. The van der Waals surface area contributed by atoms with E-state index in [1.165, 1.54) is 7.11 Å². The molecule has 0 saturated heterocycles. The molecule has 0 spiro atoms. The Bertz CT molecular complexity index is 348. The molecule has 1 amide bonds. The Morgan fingerprint density at radius 3 is 3.00 bits per heavy atom. The summed E-state index contributed by atoms with van der Waals surface area (Å²) in [6, 6.07) is 7.78. The number of rotatable bonds is 2. The lowest BCUT2D eigenvalue weighted by molar-refractivity contribution is 0.171. The highest BCUT2D eigenvalue weighted by molar-refractivity contribution is 5.80. The fourth-order valence-electron chi connectivity index (χ4n) is 0.956. The second kappa shape index (κ2) is 5.01. The molecule has 0 aliphatic rings. The average molecular weight is 192 g/mol. The molecule has 0 aliphatic heterocycles. The molecule has 0 aromatic heterocycles. The second-order valence-electron chi connectivity index (χ2n) is 2.78. The van der Waals surface area contributed by atoms with Crippen LogP contribution in [-0.2, 0) is 4.74 Å². The lowest BCUT2D eigenvalue weighted by atomic mass is 10.2. The fourth-order valence-corrected chi connectivity index (χ4v) is 0.956. The number of methoxy groups -OCH3 is 1. The zero-order valence-electron chi connectivity index (χ0n) is 8.15. The van der Waals surface area contributed by atoms with E-state index in [9.17, 15) is 4.79 Å². The molecule has 0 unspecified atom stereocenters. The van der Waals surface area contributed by atoms with Crippen molar-refractivity contribution in [1.29, 1.82) is 0 Å². The molecule has 4 nitrogen and oxygen atoms in total. The Morgan fingerprint density at radius 1 is 1.57 bits per heavy atom. The number of ether oxygens (including phenoxy) is 1. The van der Waals surface area contributed by atoms with Gasteiger partial charge in [-0.3, -0.25) is 0 Å². The van der Waals surface area contributed by atoms with Crippen molar-refractivity contribution in [3.63, 3.8) is 0 Å². The van der Waals surface area contributed by atoms with Crippen LogP contribution in [0.25, 0.3) is 0 Å². The van der Waals surface area contributed by atoms with Crippen LogP contribution in [0.1, 0.15) is 11.1 Å². The van der Waals surface area contributed by atoms with Crippen LogP contribution in [0.3, 0.4) is 0 Å². The van der Waals surface area contributed by atoms with Crippen LogP contribution in [0.15, 0.2) is 29.4 Å². The number of hydrazone groups is 1. The normalized spacial score (nSPS) is 10.1. The topological polar surface area (TPSA) is 50.7 Å². The highest BCUT2D eigenvalue weighted by Crippen LogP contribution is 2.00. The van der Waals surface area contributed by atoms with Gasteiger partial charge in [0.2, 0.25) is 0 Å². The summed E-state index contributed by atoms with van der Waals surface area (Å²) in [6.45, 7) is 1.99. The van der Waals surface area contributed by atoms with Crippen LogP contribution in [0.5, 0.6) is 0 Å². The smallest absolute Gasteiger partial charge is 0.427 e. The third-order valence-corrected chi connectivity index (χ3v) is 1.60. The molecule has 1 N–H and O–H groups in total. The maximum atomic E-state index is 10.6. The van der Waals surface area contributed by atoms with Gasteiger partial charge in [0, 0.05) is 0 Å². The summed E-state index contributed by atoms with van der Waals surface area (Å²) in [5, 5.41) is 3.70. The Labute approximate surface area is 82.6 Å². The average Bonchev–Trinajstić information content (AvgIpc) is 2.17. The first-order chi connectivity index (χ1) is 6.72. The molecule has 0 heterocycles. The van der Waals surface area contributed by atoms with Gasteiger partial charge in [-0.1, -0.05) is 29.8 Å². The SMILES string of the molecule is COC(=O)NN=Cc1cccc(C)c1. The monoisotopic (exact) mass is 192 g/mol. The molecular weight excluding hydrogens is 180 g/mol. The molecule has 0 fully saturated rings. The molecule has 4 heteroatoms. The van der Waals surface area contributed by atoms with Crippen LogP contribution in [0, 0.1) is 6.92 Å². The Hall–Kier alpha value is -1.84. The lowest BCUT2D eigenvalue weighted by Gasteiger charge is -1.96. The predicted molar refractivity (Wildman–Crippen MR) is 54.3 cm³/mol. The highest BCUT2D eigenvalue weighted by atomic mass is 16.5. The maximum absolute atomic E-state index is 10.6. The van der Waals surface area contributed by atoms with E-state index in [0.717, 1.165) is 11.1 Å². The van der Waals surface area contributed by atoms with Crippen LogP contribution >= 0.6 is 0 Å². The molecule has 14 heavy (non-hydrogen) atoms. The summed E-state index contributed by atoms with van der Waals surface area (Å²) in [4.78, 5) is 10.6.